The molecule has 0 saturated heterocycles. The first kappa shape index (κ1) is 13.6. The second kappa shape index (κ2) is 6.38. The largest absolute Gasteiger partial charge is 0.478 e. The molecule has 0 fully saturated rings. The quantitative estimate of drug-likeness (QED) is 0.843. The maximum Gasteiger partial charge on any atom is 0.335 e. The third-order valence-electron chi connectivity index (χ3n) is 2.67. The Hall–Kier alpha value is -1.81. The van der Waals surface area contributed by atoms with Crippen molar-refractivity contribution in [3.63, 3.8) is 0 Å². The molecular weight excluding hydrogens is 263 g/mol. The number of hydrogen-bond donors (Lipinski definition) is 1. The molecule has 0 saturated carbocycles. The van der Waals surface area contributed by atoms with Gasteiger partial charge in [-0.1, -0.05) is 30.3 Å². The van der Waals surface area contributed by atoms with E-state index >= 15 is 0 Å². The van der Waals surface area contributed by atoms with Crippen molar-refractivity contribution in [2.75, 3.05) is 5.75 Å². The van der Waals surface area contributed by atoms with Crippen molar-refractivity contribution < 1.29 is 14.3 Å². The molecule has 2 aromatic carbocycles. The number of carboxylic acids is 1. The third-order valence-corrected chi connectivity index (χ3v) is 3.70. The summed E-state index contributed by atoms with van der Waals surface area (Å²) < 4.78 is 13.5. The zero-order chi connectivity index (χ0) is 13.7. The number of halogens is 1. The summed E-state index contributed by atoms with van der Waals surface area (Å²) in [6, 6.07) is 13.8. The van der Waals surface area contributed by atoms with Crippen molar-refractivity contribution >= 4 is 17.7 Å². The van der Waals surface area contributed by atoms with Crippen LogP contribution in [0.15, 0.2) is 53.4 Å². The highest BCUT2D eigenvalue weighted by atomic mass is 32.2. The Labute approximate surface area is 115 Å². The van der Waals surface area contributed by atoms with E-state index in [-0.39, 0.29) is 11.4 Å². The van der Waals surface area contributed by atoms with Crippen LogP contribution in [0.5, 0.6) is 0 Å². The van der Waals surface area contributed by atoms with Crippen LogP contribution in [0.1, 0.15) is 15.9 Å². The van der Waals surface area contributed by atoms with Gasteiger partial charge in [-0.05, 0) is 30.2 Å². The number of aromatic carboxylic acids is 1. The Morgan fingerprint density at radius 1 is 1.16 bits per heavy atom. The van der Waals surface area contributed by atoms with Gasteiger partial charge in [0.25, 0.3) is 0 Å². The highest BCUT2D eigenvalue weighted by Gasteiger charge is 2.08. The zero-order valence-corrected chi connectivity index (χ0v) is 11.0. The first-order valence-electron chi connectivity index (χ1n) is 5.86. The molecule has 19 heavy (non-hydrogen) atoms. The van der Waals surface area contributed by atoms with Crippen LogP contribution in [0, 0.1) is 5.82 Å². The minimum Gasteiger partial charge on any atom is -0.478 e. The predicted molar refractivity (Wildman–Crippen MR) is 74.2 cm³/mol. The lowest BCUT2D eigenvalue weighted by Crippen LogP contribution is -1.97. The van der Waals surface area contributed by atoms with E-state index in [9.17, 15) is 9.18 Å². The van der Waals surface area contributed by atoms with Crippen LogP contribution in [0.3, 0.4) is 0 Å². The van der Waals surface area contributed by atoms with Gasteiger partial charge < -0.3 is 5.11 Å². The normalized spacial score (nSPS) is 10.4. The van der Waals surface area contributed by atoms with Gasteiger partial charge in [0.1, 0.15) is 5.82 Å². The molecule has 2 aromatic rings. The average molecular weight is 276 g/mol. The molecule has 0 bridgehead atoms. The van der Waals surface area contributed by atoms with E-state index < -0.39 is 5.97 Å². The molecule has 4 heteroatoms. The molecule has 0 atom stereocenters. The monoisotopic (exact) mass is 276 g/mol. The van der Waals surface area contributed by atoms with Crippen molar-refractivity contribution in [2.45, 2.75) is 11.3 Å². The standard InChI is InChI=1S/C15H13FO2S/c16-13-7-6-12(15(17)18)10-14(13)19-9-8-11-4-2-1-3-5-11/h1-7,10H,8-9H2,(H,17,18). The first-order valence-corrected chi connectivity index (χ1v) is 6.85. The summed E-state index contributed by atoms with van der Waals surface area (Å²) in [5.74, 6) is -0.697. The highest BCUT2D eigenvalue weighted by molar-refractivity contribution is 7.99. The molecule has 0 aliphatic carbocycles. The number of hydrogen-bond acceptors (Lipinski definition) is 2. The average Bonchev–Trinajstić information content (AvgIpc) is 2.42. The summed E-state index contributed by atoms with van der Waals surface area (Å²) in [5, 5.41) is 8.87. The van der Waals surface area contributed by atoms with Crippen LogP contribution in [-0.2, 0) is 6.42 Å². The molecule has 0 aliphatic heterocycles. The van der Waals surface area contributed by atoms with Crippen LogP contribution in [0.4, 0.5) is 4.39 Å². The van der Waals surface area contributed by atoms with Gasteiger partial charge in [0.05, 0.1) is 5.56 Å². The second-order valence-electron chi connectivity index (χ2n) is 4.03. The summed E-state index contributed by atoms with van der Waals surface area (Å²) >= 11 is 1.34. The van der Waals surface area contributed by atoms with Crippen molar-refractivity contribution in [1.82, 2.24) is 0 Å². The van der Waals surface area contributed by atoms with Crippen molar-refractivity contribution in [2.24, 2.45) is 0 Å². The van der Waals surface area contributed by atoms with E-state index in [0.717, 1.165) is 6.42 Å². The van der Waals surface area contributed by atoms with E-state index in [1.807, 2.05) is 30.3 Å². The summed E-state index contributed by atoms with van der Waals surface area (Å²) in [6.45, 7) is 0. The summed E-state index contributed by atoms with van der Waals surface area (Å²) in [7, 11) is 0. The maximum absolute atomic E-state index is 13.5. The number of carboxylic acid groups (broad SMARTS) is 1. The lowest BCUT2D eigenvalue weighted by molar-refractivity contribution is 0.0696. The molecule has 1 N–H and O–H groups in total. The van der Waals surface area contributed by atoms with Gasteiger partial charge in [-0.3, -0.25) is 0 Å². The van der Waals surface area contributed by atoms with Crippen molar-refractivity contribution in [1.29, 1.82) is 0 Å². The van der Waals surface area contributed by atoms with Gasteiger partial charge in [0.2, 0.25) is 0 Å². The van der Waals surface area contributed by atoms with E-state index in [1.165, 1.54) is 35.5 Å². The number of aryl methyl sites for hydroxylation is 1. The molecule has 98 valence electrons. The first-order chi connectivity index (χ1) is 9.16. The Balaban J connectivity index is 1.99. The second-order valence-corrected chi connectivity index (χ2v) is 5.17. The summed E-state index contributed by atoms with van der Waals surface area (Å²) in [4.78, 5) is 11.2. The van der Waals surface area contributed by atoms with Crippen LogP contribution >= 0.6 is 11.8 Å². The van der Waals surface area contributed by atoms with Crippen LogP contribution in [-0.4, -0.2) is 16.8 Å². The van der Waals surface area contributed by atoms with Crippen molar-refractivity contribution in [3.05, 3.63) is 65.5 Å². The molecule has 0 spiro atoms. The number of rotatable bonds is 5. The Morgan fingerprint density at radius 2 is 1.89 bits per heavy atom. The molecule has 2 rings (SSSR count). The molecule has 0 aromatic heterocycles. The van der Waals surface area contributed by atoms with Crippen LogP contribution in [0.25, 0.3) is 0 Å². The number of carbonyl (C=O) groups is 1. The Morgan fingerprint density at radius 3 is 2.58 bits per heavy atom. The number of thioether (sulfide) groups is 1. The Kier molecular flexibility index (Phi) is 4.58. The fourth-order valence-corrected chi connectivity index (χ4v) is 2.64. The summed E-state index contributed by atoms with van der Waals surface area (Å²) in [6.07, 6.45) is 0.822. The highest BCUT2D eigenvalue weighted by Crippen LogP contribution is 2.24. The van der Waals surface area contributed by atoms with Gasteiger partial charge in [-0.15, -0.1) is 11.8 Å². The lowest BCUT2D eigenvalue weighted by atomic mass is 10.2. The smallest absolute Gasteiger partial charge is 0.335 e. The minimum absolute atomic E-state index is 0.114. The van der Waals surface area contributed by atoms with Gasteiger partial charge in [0.15, 0.2) is 0 Å². The lowest BCUT2D eigenvalue weighted by Gasteiger charge is -2.05. The molecule has 0 radical (unpaired) electrons. The Bertz CT molecular complexity index is 570. The summed E-state index contributed by atoms with van der Waals surface area (Å²) in [5.41, 5.74) is 1.30. The topological polar surface area (TPSA) is 37.3 Å². The molecule has 0 unspecified atom stereocenters. The van der Waals surface area contributed by atoms with Gasteiger partial charge in [0, 0.05) is 10.6 Å². The van der Waals surface area contributed by atoms with Gasteiger partial charge >= 0.3 is 5.97 Å². The molecule has 0 amide bonds. The van der Waals surface area contributed by atoms with Gasteiger partial charge in [-0.25, -0.2) is 9.18 Å². The van der Waals surface area contributed by atoms with Crippen LogP contribution < -0.4 is 0 Å². The molecule has 0 aliphatic rings. The minimum atomic E-state index is -1.04. The maximum atomic E-state index is 13.5. The van der Waals surface area contributed by atoms with E-state index in [1.54, 1.807) is 0 Å². The van der Waals surface area contributed by atoms with Crippen molar-refractivity contribution in [3.8, 4) is 0 Å². The SMILES string of the molecule is O=C(O)c1ccc(F)c(SCCc2ccccc2)c1. The third kappa shape index (κ3) is 3.83. The zero-order valence-electron chi connectivity index (χ0n) is 10.2. The van der Waals surface area contributed by atoms with E-state index in [2.05, 4.69) is 0 Å². The molecular formula is C15H13FO2S. The molecule has 0 heterocycles. The molecule has 2 nitrogen and oxygen atoms in total. The fraction of sp³-hybridized carbons (Fsp3) is 0.133. The van der Waals surface area contributed by atoms with Crippen LogP contribution in [0.2, 0.25) is 0 Å². The van der Waals surface area contributed by atoms with E-state index in [4.69, 9.17) is 5.11 Å². The van der Waals surface area contributed by atoms with E-state index in [0.29, 0.717) is 10.6 Å². The van der Waals surface area contributed by atoms with Gasteiger partial charge in [-0.2, -0.15) is 0 Å². The predicted octanol–water partition coefficient (Wildman–Crippen LogP) is 3.86. The fourth-order valence-electron chi connectivity index (χ4n) is 1.67. The number of benzene rings is 2.